The van der Waals surface area contributed by atoms with Crippen molar-refractivity contribution in [2.75, 3.05) is 0 Å². The molecule has 13 heteroatoms. The number of hydrogen-bond acceptors (Lipinski definition) is 4. The Morgan fingerprint density at radius 1 is 1.17 bits per heavy atom. The van der Waals surface area contributed by atoms with Crippen molar-refractivity contribution in [1.29, 1.82) is 0 Å². The van der Waals surface area contributed by atoms with Crippen molar-refractivity contribution in [3.63, 3.8) is 0 Å². The first kappa shape index (κ1) is 27.3. The van der Waals surface area contributed by atoms with E-state index in [0.717, 1.165) is 6.92 Å². The average Bonchev–Trinajstić information content (AvgIpc) is 1.97. The smallest absolute Gasteiger partial charge is 0.780 e. The molecule has 0 aromatic carbocycles. The van der Waals surface area contributed by atoms with Crippen LogP contribution >= 0.6 is 0 Å². The van der Waals surface area contributed by atoms with Crippen LogP contribution < -0.4 is 0 Å². The van der Waals surface area contributed by atoms with Crippen molar-refractivity contribution in [3.8, 4) is 0 Å². The maximum absolute atomic E-state index is 11.9. The van der Waals surface area contributed by atoms with Gasteiger partial charge in [-0.1, -0.05) is 6.92 Å². The minimum Gasteiger partial charge on any atom is -0.780 e. The predicted octanol–water partition coefficient (Wildman–Crippen LogP) is 1.92. The summed E-state index contributed by atoms with van der Waals surface area (Å²) < 4.78 is 96.1. The molecule has 0 saturated heterocycles. The van der Waals surface area contributed by atoms with Gasteiger partial charge in [0, 0.05) is 0 Å². The van der Waals surface area contributed by atoms with Crippen LogP contribution in [0.2, 0.25) is 0 Å². The SMILES string of the molecule is CCC(F)C(F)(F)C(F)(F)F.O=S([O-])([O-])=S.[Cu+].[Cu+]. The topological polar surface area (TPSA) is 63.2 Å². The van der Waals surface area contributed by atoms with E-state index in [9.17, 15) is 26.3 Å². The van der Waals surface area contributed by atoms with Gasteiger partial charge in [0.25, 0.3) is 0 Å². The van der Waals surface area contributed by atoms with Crippen molar-refractivity contribution in [2.24, 2.45) is 0 Å². The molecule has 0 radical (unpaired) electrons. The summed E-state index contributed by atoms with van der Waals surface area (Å²) in [6.45, 7) is 0.921. The van der Waals surface area contributed by atoms with Gasteiger partial charge >= 0.3 is 46.2 Å². The summed E-state index contributed by atoms with van der Waals surface area (Å²) in [6.07, 6.45) is -9.79. The van der Waals surface area contributed by atoms with E-state index in [0.29, 0.717) is 0 Å². The molecule has 0 bridgehead atoms. The molecule has 0 aliphatic carbocycles. The first-order valence-corrected chi connectivity index (χ1v) is 5.82. The fraction of sp³-hybridized carbons (Fsp3) is 1.00. The van der Waals surface area contributed by atoms with Crippen molar-refractivity contribution >= 4 is 20.2 Å². The number of hydrogen-bond donors (Lipinski definition) is 0. The Bertz CT molecular complexity index is 299. The van der Waals surface area contributed by atoms with Crippen LogP contribution in [0.25, 0.3) is 0 Å². The molecule has 0 aliphatic rings. The second-order valence-electron chi connectivity index (χ2n) is 2.40. The van der Waals surface area contributed by atoms with Gasteiger partial charge in [0.05, 0.1) is 0 Å². The molecular weight excluding hydrogens is 413 g/mol. The molecule has 0 N–H and O–H groups in total. The van der Waals surface area contributed by atoms with Gasteiger partial charge in [-0.05, 0) is 17.6 Å². The molecule has 0 saturated carbocycles. The summed E-state index contributed by atoms with van der Waals surface area (Å²) in [6, 6.07) is 0. The quantitative estimate of drug-likeness (QED) is 0.507. The van der Waals surface area contributed by atoms with Crippen molar-refractivity contribution in [1.82, 2.24) is 0 Å². The second-order valence-corrected chi connectivity index (χ2v) is 4.45. The van der Waals surface area contributed by atoms with Gasteiger partial charge in [0.2, 0.25) is 0 Å². The monoisotopic (exact) mass is 418 g/mol. The van der Waals surface area contributed by atoms with Crippen LogP contribution in [0, 0.1) is 0 Å². The van der Waals surface area contributed by atoms with E-state index in [4.69, 9.17) is 13.3 Å². The Hall–Kier alpha value is 0.909. The van der Waals surface area contributed by atoms with Gasteiger partial charge in [-0.2, -0.15) is 22.0 Å². The van der Waals surface area contributed by atoms with Crippen LogP contribution in [0.1, 0.15) is 13.3 Å². The van der Waals surface area contributed by atoms with Crippen LogP contribution in [-0.4, -0.2) is 31.6 Å². The normalized spacial score (nSPS) is 13.4. The molecule has 120 valence electrons. The summed E-state index contributed by atoms with van der Waals surface area (Å²) in [5, 5.41) is 0. The summed E-state index contributed by atoms with van der Waals surface area (Å²) in [5.41, 5.74) is 0. The van der Waals surface area contributed by atoms with Gasteiger partial charge in [0.1, 0.15) is 0 Å². The van der Waals surface area contributed by atoms with E-state index in [1.54, 1.807) is 0 Å². The Kier molecular flexibility index (Phi) is 14.8. The van der Waals surface area contributed by atoms with Gasteiger partial charge in [-0.15, -0.1) is 9.05 Å². The maximum atomic E-state index is 11.9. The van der Waals surface area contributed by atoms with E-state index in [-0.39, 0.29) is 34.1 Å². The minimum atomic E-state index is -5.79. The molecule has 0 fully saturated rings. The molecule has 0 heterocycles. The molecule has 3 nitrogen and oxygen atoms in total. The first-order valence-electron chi connectivity index (χ1n) is 3.48. The molecule has 0 aliphatic heterocycles. The van der Waals surface area contributed by atoms with E-state index in [1.807, 2.05) is 0 Å². The predicted molar refractivity (Wildman–Crippen MR) is 43.3 cm³/mol. The van der Waals surface area contributed by atoms with E-state index in [1.165, 1.54) is 0 Å². The maximum Gasteiger partial charge on any atom is 1.00 e. The minimum absolute atomic E-state index is 0. The van der Waals surface area contributed by atoms with Crippen LogP contribution in [0.4, 0.5) is 26.3 Å². The Morgan fingerprint density at radius 2 is 1.39 bits per heavy atom. The van der Waals surface area contributed by atoms with Gasteiger partial charge in [-0.25, -0.2) is 4.39 Å². The van der Waals surface area contributed by atoms with Crippen LogP contribution in [-0.2, 0) is 54.4 Å². The molecule has 0 spiro atoms. The van der Waals surface area contributed by atoms with Crippen molar-refractivity contribution < 1.29 is 73.8 Å². The second kappa shape index (κ2) is 9.76. The largest absolute Gasteiger partial charge is 1.00 e. The molecule has 18 heavy (non-hydrogen) atoms. The van der Waals surface area contributed by atoms with Crippen LogP contribution in [0.3, 0.4) is 0 Å². The van der Waals surface area contributed by atoms with E-state index in [2.05, 4.69) is 11.2 Å². The zero-order valence-electron chi connectivity index (χ0n) is 8.20. The molecule has 0 rings (SSSR count). The van der Waals surface area contributed by atoms with E-state index >= 15 is 0 Å². The zero-order valence-corrected chi connectivity index (χ0v) is 11.7. The summed E-state index contributed by atoms with van der Waals surface area (Å²) in [4.78, 5) is 0. The molecular formula is C5H6Cu2F6O3S2. The molecule has 1 unspecified atom stereocenters. The first-order chi connectivity index (χ1) is 6.73. The zero-order chi connectivity index (χ0) is 13.8. The average molecular weight is 419 g/mol. The third kappa shape index (κ3) is 13.3. The standard InChI is InChI=1S/C5H6F6.2Cu.H2O3S2/c1-2-3(6)4(7,8)5(9,10)11;;;1-5(2,3)4/h3H,2H2,1H3;;;(H2,1,2,3,4)/q;2*+1;/p-2. The summed E-state index contributed by atoms with van der Waals surface area (Å²) >= 11 is 3.24. The Labute approximate surface area is 125 Å². The van der Waals surface area contributed by atoms with Gasteiger partial charge < -0.3 is 9.11 Å². The molecule has 0 aromatic rings. The van der Waals surface area contributed by atoms with Crippen molar-refractivity contribution in [2.45, 2.75) is 31.6 Å². The summed E-state index contributed by atoms with van der Waals surface area (Å²) in [5.74, 6) is -5.22. The summed E-state index contributed by atoms with van der Waals surface area (Å²) in [7, 11) is -4.33. The molecule has 0 aromatic heterocycles. The van der Waals surface area contributed by atoms with E-state index < -0.39 is 33.7 Å². The molecule has 0 amide bonds. The van der Waals surface area contributed by atoms with Gasteiger partial charge in [-0.3, -0.25) is 4.21 Å². The molecule has 1 atom stereocenters. The number of rotatable bonds is 2. The number of alkyl halides is 6. The number of halogens is 6. The Balaban J connectivity index is -0.000000122. The van der Waals surface area contributed by atoms with Crippen LogP contribution in [0.5, 0.6) is 0 Å². The fourth-order valence-electron chi connectivity index (χ4n) is 0.434. The third-order valence-electron chi connectivity index (χ3n) is 1.13. The van der Waals surface area contributed by atoms with Crippen LogP contribution in [0.15, 0.2) is 0 Å². The third-order valence-corrected chi connectivity index (χ3v) is 1.13. The Morgan fingerprint density at radius 3 is 1.44 bits per heavy atom. The van der Waals surface area contributed by atoms with Gasteiger partial charge in [0.15, 0.2) is 6.17 Å². The van der Waals surface area contributed by atoms with Crippen molar-refractivity contribution in [3.05, 3.63) is 0 Å². The fourth-order valence-corrected chi connectivity index (χ4v) is 0.434.